The molecule has 1 saturated heterocycles. The molecule has 1 aromatic rings. The van der Waals surface area contributed by atoms with Crippen LogP contribution in [-0.4, -0.2) is 29.8 Å². The number of rotatable bonds is 4. The molecule has 1 aliphatic heterocycles. The molecule has 1 fully saturated rings. The number of piperidine rings is 1. The van der Waals surface area contributed by atoms with Crippen LogP contribution in [0, 0.1) is 0 Å². The van der Waals surface area contributed by atoms with Gasteiger partial charge in [-0.1, -0.05) is 36.4 Å². The Morgan fingerprint density at radius 2 is 2.14 bits per heavy atom. The number of benzene rings is 1. The summed E-state index contributed by atoms with van der Waals surface area (Å²) >= 11 is 1.64. The number of carbonyl (C=O) groups is 1. The number of amides is 2. The number of hydrogen-bond acceptors (Lipinski definition) is 2. The molecule has 1 heterocycles. The first-order valence-electron chi connectivity index (χ1n) is 7.54. The van der Waals surface area contributed by atoms with Crippen LogP contribution in [0.4, 0.5) is 4.79 Å². The molecule has 0 radical (unpaired) electrons. The molecule has 1 aliphatic rings. The van der Waals surface area contributed by atoms with Crippen molar-refractivity contribution >= 4 is 17.8 Å². The highest BCUT2D eigenvalue weighted by Crippen LogP contribution is 2.30. The summed E-state index contributed by atoms with van der Waals surface area (Å²) in [6.45, 7) is 2.84. The molecule has 2 amide bonds. The number of nitrogens with one attached hydrogen (secondary N) is 1. The fraction of sp³-hybridized carbons (Fsp3) is 0.471. The molecule has 1 aromatic carbocycles. The minimum absolute atomic E-state index is 0.0433. The lowest BCUT2D eigenvalue weighted by Gasteiger charge is -2.36. The quantitative estimate of drug-likeness (QED) is 0.904. The maximum Gasteiger partial charge on any atom is 0.318 e. The topological polar surface area (TPSA) is 32.3 Å². The molecule has 1 N–H and O–H groups in total. The van der Waals surface area contributed by atoms with E-state index in [1.165, 1.54) is 12.0 Å². The second-order valence-corrected chi connectivity index (χ2v) is 6.16. The maximum atomic E-state index is 12.5. The lowest BCUT2D eigenvalue weighted by atomic mass is 9.95. The molecule has 21 heavy (non-hydrogen) atoms. The van der Waals surface area contributed by atoms with Crippen molar-refractivity contribution in [3.8, 4) is 0 Å². The molecule has 4 heteroatoms. The number of carbonyl (C=O) groups excluding carboxylic acids is 1. The molecule has 0 aliphatic carbocycles. The number of hydrogen-bond donors (Lipinski definition) is 1. The molecule has 2 atom stereocenters. The van der Waals surface area contributed by atoms with Crippen molar-refractivity contribution in [2.45, 2.75) is 38.3 Å². The first-order valence-corrected chi connectivity index (χ1v) is 8.82. The Labute approximate surface area is 131 Å². The number of likely N-dealkylation sites (tertiary alicyclic amines) is 1. The van der Waals surface area contributed by atoms with Gasteiger partial charge in [0.25, 0.3) is 0 Å². The molecule has 2 rings (SSSR count). The zero-order valence-electron chi connectivity index (χ0n) is 12.8. The molecule has 0 aromatic heterocycles. The Hall–Kier alpha value is -1.42. The molecular weight excluding hydrogens is 280 g/mol. The maximum absolute atomic E-state index is 12.5. The Morgan fingerprint density at radius 3 is 2.86 bits per heavy atom. The monoisotopic (exact) mass is 304 g/mol. The third kappa shape index (κ3) is 4.53. The van der Waals surface area contributed by atoms with Gasteiger partial charge in [-0.25, -0.2) is 4.79 Å². The van der Waals surface area contributed by atoms with Gasteiger partial charge in [0.2, 0.25) is 0 Å². The molecule has 0 bridgehead atoms. The third-order valence-electron chi connectivity index (χ3n) is 3.80. The van der Waals surface area contributed by atoms with Gasteiger partial charge in [-0.05, 0) is 43.4 Å². The van der Waals surface area contributed by atoms with Crippen molar-refractivity contribution in [3.63, 3.8) is 0 Å². The predicted molar refractivity (Wildman–Crippen MR) is 90.4 cm³/mol. The minimum Gasteiger partial charge on any atom is -0.332 e. The molecule has 0 spiro atoms. The average molecular weight is 304 g/mol. The van der Waals surface area contributed by atoms with Gasteiger partial charge < -0.3 is 10.2 Å². The van der Waals surface area contributed by atoms with Gasteiger partial charge in [0.1, 0.15) is 0 Å². The first-order chi connectivity index (χ1) is 10.2. The fourth-order valence-electron chi connectivity index (χ4n) is 2.72. The lowest BCUT2D eigenvalue weighted by molar-refractivity contribution is 0.150. The number of urea groups is 1. The average Bonchev–Trinajstić information content (AvgIpc) is 2.53. The highest BCUT2D eigenvalue weighted by molar-refractivity contribution is 8.01. The third-order valence-corrected chi connectivity index (χ3v) is 4.23. The SMILES string of the molecule is CS/C=C/C(C)NC(=O)N1CCCCC1c1ccccc1. The summed E-state index contributed by atoms with van der Waals surface area (Å²) in [5, 5.41) is 5.08. The fourth-order valence-corrected chi connectivity index (χ4v) is 3.11. The molecule has 3 nitrogen and oxygen atoms in total. The van der Waals surface area contributed by atoms with E-state index >= 15 is 0 Å². The standard InChI is InChI=1S/C17H24N2OS/c1-14(11-13-21-2)18-17(20)19-12-7-6-10-16(19)15-8-4-3-5-9-15/h3-5,8-9,11,13-14,16H,6-7,10,12H2,1-2H3,(H,18,20)/b13-11+. The van der Waals surface area contributed by atoms with Crippen molar-refractivity contribution in [1.82, 2.24) is 10.2 Å². The van der Waals surface area contributed by atoms with Crippen LogP contribution < -0.4 is 5.32 Å². The van der Waals surface area contributed by atoms with Crippen LogP contribution in [-0.2, 0) is 0 Å². The van der Waals surface area contributed by atoms with Crippen molar-refractivity contribution in [1.29, 1.82) is 0 Å². The van der Waals surface area contributed by atoms with E-state index in [0.717, 1.165) is 19.4 Å². The van der Waals surface area contributed by atoms with Gasteiger partial charge in [0, 0.05) is 12.6 Å². The summed E-state index contributed by atoms with van der Waals surface area (Å²) < 4.78 is 0. The van der Waals surface area contributed by atoms with Crippen molar-refractivity contribution in [3.05, 3.63) is 47.4 Å². The zero-order chi connectivity index (χ0) is 15.1. The predicted octanol–water partition coefficient (Wildman–Crippen LogP) is 4.19. The van der Waals surface area contributed by atoms with E-state index in [1.54, 1.807) is 11.8 Å². The lowest BCUT2D eigenvalue weighted by Crippen LogP contribution is -2.46. The summed E-state index contributed by atoms with van der Waals surface area (Å²) in [5.41, 5.74) is 1.24. The van der Waals surface area contributed by atoms with Gasteiger partial charge in [-0.3, -0.25) is 0 Å². The van der Waals surface area contributed by atoms with Crippen LogP contribution in [0.2, 0.25) is 0 Å². The van der Waals surface area contributed by atoms with Crippen LogP contribution in [0.25, 0.3) is 0 Å². The second kappa shape index (κ2) is 8.13. The summed E-state index contributed by atoms with van der Waals surface area (Å²) in [6, 6.07) is 10.7. The van der Waals surface area contributed by atoms with Gasteiger partial charge in [0.15, 0.2) is 0 Å². The van der Waals surface area contributed by atoms with Gasteiger partial charge in [0.05, 0.1) is 6.04 Å². The Bertz CT molecular complexity index is 475. The number of nitrogens with zero attached hydrogens (tertiary/aromatic N) is 1. The Balaban J connectivity index is 2.04. The van der Waals surface area contributed by atoms with E-state index in [-0.39, 0.29) is 18.1 Å². The van der Waals surface area contributed by atoms with E-state index in [2.05, 4.69) is 17.4 Å². The summed E-state index contributed by atoms with van der Waals surface area (Å²) in [6.07, 6.45) is 7.36. The van der Waals surface area contributed by atoms with Gasteiger partial charge in [-0.15, -0.1) is 11.8 Å². The number of thioether (sulfide) groups is 1. The van der Waals surface area contributed by atoms with E-state index < -0.39 is 0 Å². The molecular formula is C17H24N2OS. The highest BCUT2D eigenvalue weighted by atomic mass is 32.2. The highest BCUT2D eigenvalue weighted by Gasteiger charge is 2.28. The molecule has 2 unspecified atom stereocenters. The van der Waals surface area contributed by atoms with Crippen molar-refractivity contribution < 1.29 is 4.79 Å². The van der Waals surface area contributed by atoms with E-state index in [0.29, 0.717) is 0 Å². The Morgan fingerprint density at radius 1 is 1.38 bits per heavy atom. The van der Waals surface area contributed by atoms with Crippen LogP contribution in [0.1, 0.15) is 37.8 Å². The van der Waals surface area contributed by atoms with E-state index in [1.807, 2.05) is 47.8 Å². The zero-order valence-corrected chi connectivity index (χ0v) is 13.6. The summed E-state index contributed by atoms with van der Waals surface area (Å²) in [7, 11) is 0. The van der Waals surface area contributed by atoms with Crippen LogP contribution in [0.15, 0.2) is 41.8 Å². The van der Waals surface area contributed by atoms with E-state index in [9.17, 15) is 4.79 Å². The van der Waals surface area contributed by atoms with E-state index in [4.69, 9.17) is 0 Å². The van der Waals surface area contributed by atoms with Gasteiger partial charge in [-0.2, -0.15) is 0 Å². The Kier molecular flexibility index (Phi) is 6.18. The largest absolute Gasteiger partial charge is 0.332 e. The smallest absolute Gasteiger partial charge is 0.318 e. The summed E-state index contributed by atoms with van der Waals surface area (Å²) in [5.74, 6) is 0. The summed E-state index contributed by atoms with van der Waals surface area (Å²) in [4.78, 5) is 14.5. The van der Waals surface area contributed by atoms with Gasteiger partial charge >= 0.3 is 6.03 Å². The second-order valence-electron chi connectivity index (χ2n) is 5.42. The normalized spacial score (nSPS) is 20.5. The van der Waals surface area contributed by atoms with Crippen LogP contribution in [0.3, 0.4) is 0 Å². The molecule has 114 valence electrons. The molecule has 0 saturated carbocycles. The van der Waals surface area contributed by atoms with Crippen LogP contribution in [0.5, 0.6) is 0 Å². The first kappa shape index (κ1) is 16.0. The minimum atomic E-state index is 0.0433. The van der Waals surface area contributed by atoms with Crippen LogP contribution >= 0.6 is 11.8 Å². The van der Waals surface area contributed by atoms with Crippen molar-refractivity contribution in [2.24, 2.45) is 0 Å². The van der Waals surface area contributed by atoms with Crippen molar-refractivity contribution in [2.75, 3.05) is 12.8 Å².